The molecule has 1 fully saturated rings. The lowest BCUT2D eigenvalue weighted by Crippen LogP contribution is -2.18. The van der Waals surface area contributed by atoms with Gasteiger partial charge in [-0.05, 0) is 25.7 Å². The van der Waals surface area contributed by atoms with Crippen molar-refractivity contribution in [3.63, 3.8) is 0 Å². The van der Waals surface area contributed by atoms with Crippen LogP contribution in [0.5, 0.6) is 0 Å². The molecule has 100 valence electrons. The molecule has 1 atom stereocenters. The molecule has 6 heteroatoms. The zero-order chi connectivity index (χ0) is 13.0. The zero-order valence-corrected chi connectivity index (χ0v) is 11.5. The minimum atomic E-state index is -0.133. The SMILES string of the molecule is CC(N)c1nnc(NC(=O)CC2CCCCC2)s1. The maximum absolute atomic E-state index is 11.9. The fourth-order valence-electron chi connectivity index (χ4n) is 2.29. The van der Waals surface area contributed by atoms with Crippen LogP contribution in [0.1, 0.15) is 56.5 Å². The van der Waals surface area contributed by atoms with Gasteiger partial charge in [0.05, 0.1) is 6.04 Å². The van der Waals surface area contributed by atoms with E-state index in [-0.39, 0.29) is 11.9 Å². The summed E-state index contributed by atoms with van der Waals surface area (Å²) in [5.41, 5.74) is 5.70. The van der Waals surface area contributed by atoms with Crippen LogP contribution >= 0.6 is 11.3 Å². The van der Waals surface area contributed by atoms with Crippen LogP contribution in [0.3, 0.4) is 0 Å². The largest absolute Gasteiger partial charge is 0.322 e. The summed E-state index contributed by atoms with van der Waals surface area (Å²) in [6.45, 7) is 1.86. The van der Waals surface area contributed by atoms with Gasteiger partial charge >= 0.3 is 0 Å². The molecule has 2 rings (SSSR count). The van der Waals surface area contributed by atoms with Crippen LogP contribution in [0.25, 0.3) is 0 Å². The van der Waals surface area contributed by atoms with Crippen LogP contribution < -0.4 is 11.1 Å². The fourth-order valence-corrected chi connectivity index (χ4v) is 3.01. The van der Waals surface area contributed by atoms with Crippen molar-refractivity contribution in [1.29, 1.82) is 0 Å². The van der Waals surface area contributed by atoms with Crippen molar-refractivity contribution in [3.8, 4) is 0 Å². The molecule has 0 radical (unpaired) electrons. The lowest BCUT2D eigenvalue weighted by atomic mass is 9.87. The third kappa shape index (κ3) is 3.74. The van der Waals surface area contributed by atoms with E-state index in [9.17, 15) is 4.79 Å². The second kappa shape index (κ2) is 6.24. The Bertz CT molecular complexity index is 399. The third-order valence-electron chi connectivity index (χ3n) is 3.28. The van der Waals surface area contributed by atoms with Crippen LogP contribution in [-0.2, 0) is 4.79 Å². The topological polar surface area (TPSA) is 80.9 Å². The Morgan fingerprint density at radius 2 is 2.17 bits per heavy atom. The molecule has 1 unspecified atom stereocenters. The van der Waals surface area contributed by atoms with E-state index >= 15 is 0 Å². The highest BCUT2D eigenvalue weighted by atomic mass is 32.1. The first-order valence-corrected chi connectivity index (χ1v) is 7.35. The number of carbonyl (C=O) groups is 1. The van der Waals surface area contributed by atoms with Gasteiger partial charge in [-0.3, -0.25) is 4.79 Å². The van der Waals surface area contributed by atoms with E-state index in [4.69, 9.17) is 5.73 Å². The number of aromatic nitrogens is 2. The molecule has 1 aliphatic carbocycles. The lowest BCUT2D eigenvalue weighted by Gasteiger charge is -2.20. The lowest BCUT2D eigenvalue weighted by molar-refractivity contribution is -0.117. The van der Waals surface area contributed by atoms with Gasteiger partial charge in [0.25, 0.3) is 0 Å². The second-order valence-corrected chi connectivity index (χ2v) is 6.00. The number of amides is 1. The first kappa shape index (κ1) is 13.4. The molecule has 3 N–H and O–H groups in total. The smallest absolute Gasteiger partial charge is 0.226 e. The van der Waals surface area contributed by atoms with Gasteiger partial charge in [0.2, 0.25) is 11.0 Å². The summed E-state index contributed by atoms with van der Waals surface area (Å²) < 4.78 is 0. The summed E-state index contributed by atoms with van der Waals surface area (Å²) in [4.78, 5) is 11.9. The van der Waals surface area contributed by atoms with E-state index in [1.807, 2.05) is 6.92 Å². The molecular weight excluding hydrogens is 248 g/mol. The summed E-state index contributed by atoms with van der Waals surface area (Å²) in [6, 6.07) is -0.133. The Morgan fingerprint density at radius 3 is 2.78 bits per heavy atom. The van der Waals surface area contributed by atoms with Gasteiger partial charge in [0.1, 0.15) is 5.01 Å². The highest BCUT2D eigenvalue weighted by molar-refractivity contribution is 7.15. The Balaban J connectivity index is 1.82. The highest BCUT2D eigenvalue weighted by Crippen LogP contribution is 2.27. The molecule has 18 heavy (non-hydrogen) atoms. The molecule has 0 saturated heterocycles. The predicted molar refractivity (Wildman–Crippen MR) is 72.3 cm³/mol. The summed E-state index contributed by atoms with van der Waals surface area (Å²) in [6.07, 6.45) is 6.78. The van der Waals surface area contributed by atoms with Crippen molar-refractivity contribution in [3.05, 3.63) is 5.01 Å². The Morgan fingerprint density at radius 1 is 1.44 bits per heavy atom. The molecule has 1 aliphatic rings. The molecule has 1 aromatic rings. The van der Waals surface area contributed by atoms with Crippen molar-refractivity contribution in [1.82, 2.24) is 10.2 Å². The van der Waals surface area contributed by atoms with Gasteiger partial charge in [0, 0.05) is 6.42 Å². The Labute approximate surface area is 111 Å². The summed E-state index contributed by atoms with van der Waals surface area (Å²) in [5, 5.41) is 12.0. The van der Waals surface area contributed by atoms with E-state index in [2.05, 4.69) is 15.5 Å². The predicted octanol–water partition coefficient (Wildman–Crippen LogP) is 2.47. The molecule has 1 amide bonds. The number of rotatable bonds is 4. The van der Waals surface area contributed by atoms with Crippen molar-refractivity contribution in [2.45, 2.75) is 51.5 Å². The molecule has 1 aromatic heterocycles. The number of nitrogens with zero attached hydrogens (tertiary/aromatic N) is 2. The summed E-state index contributed by atoms with van der Waals surface area (Å²) >= 11 is 1.35. The summed E-state index contributed by atoms with van der Waals surface area (Å²) in [5.74, 6) is 0.592. The minimum Gasteiger partial charge on any atom is -0.322 e. The number of hydrogen-bond donors (Lipinski definition) is 2. The van der Waals surface area contributed by atoms with E-state index in [0.29, 0.717) is 17.5 Å². The highest BCUT2D eigenvalue weighted by Gasteiger charge is 2.18. The number of nitrogens with one attached hydrogen (secondary N) is 1. The van der Waals surface area contributed by atoms with Gasteiger partial charge in [-0.1, -0.05) is 30.6 Å². The Hall–Kier alpha value is -1.01. The Kier molecular flexibility index (Phi) is 4.66. The number of hydrogen-bond acceptors (Lipinski definition) is 5. The van der Waals surface area contributed by atoms with Gasteiger partial charge in [0.15, 0.2) is 0 Å². The number of nitrogens with two attached hydrogens (primary N) is 1. The van der Waals surface area contributed by atoms with Crippen molar-refractivity contribution >= 4 is 22.4 Å². The first-order chi connectivity index (χ1) is 8.65. The maximum atomic E-state index is 11.9. The zero-order valence-electron chi connectivity index (χ0n) is 10.7. The monoisotopic (exact) mass is 268 g/mol. The van der Waals surface area contributed by atoms with E-state index in [1.54, 1.807) is 0 Å². The van der Waals surface area contributed by atoms with E-state index in [0.717, 1.165) is 5.01 Å². The average molecular weight is 268 g/mol. The van der Waals surface area contributed by atoms with Crippen molar-refractivity contribution in [2.75, 3.05) is 5.32 Å². The molecule has 5 nitrogen and oxygen atoms in total. The standard InChI is InChI=1S/C12H20N4OS/c1-8(13)11-15-16-12(18-11)14-10(17)7-9-5-3-2-4-6-9/h8-9H,2-7,13H2,1H3,(H,14,16,17). The first-order valence-electron chi connectivity index (χ1n) is 6.54. The molecular formula is C12H20N4OS. The number of anilines is 1. The van der Waals surface area contributed by atoms with Crippen LogP contribution in [0, 0.1) is 5.92 Å². The summed E-state index contributed by atoms with van der Waals surface area (Å²) in [7, 11) is 0. The van der Waals surface area contributed by atoms with Gasteiger partial charge in [-0.15, -0.1) is 10.2 Å². The number of carbonyl (C=O) groups excluding carboxylic acids is 1. The van der Waals surface area contributed by atoms with Gasteiger partial charge in [-0.25, -0.2) is 0 Å². The van der Waals surface area contributed by atoms with Crippen LogP contribution in [0.2, 0.25) is 0 Å². The average Bonchev–Trinajstić information content (AvgIpc) is 2.78. The molecule has 1 heterocycles. The van der Waals surface area contributed by atoms with Crippen molar-refractivity contribution < 1.29 is 4.79 Å². The maximum Gasteiger partial charge on any atom is 0.226 e. The van der Waals surface area contributed by atoms with Gasteiger partial charge < -0.3 is 11.1 Å². The van der Waals surface area contributed by atoms with Crippen LogP contribution in [-0.4, -0.2) is 16.1 Å². The molecule has 0 aromatic carbocycles. The fraction of sp³-hybridized carbons (Fsp3) is 0.750. The third-order valence-corrected chi connectivity index (χ3v) is 4.31. The van der Waals surface area contributed by atoms with E-state index in [1.165, 1.54) is 43.4 Å². The van der Waals surface area contributed by atoms with Gasteiger partial charge in [-0.2, -0.15) is 0 Å². The quantitative estimate of drug-likeness (QED) is 0.879. The molecule has 1 saturated carbocycles. The van der Waals surface area contributed by atoms with Crippen molar-refractivity contribution in [2.24, 2.45) is 11.7 Å². The second-order valence-electron chi connectivity index (χ2n) is 4.99. The minimum absolute atomic E-state index is 0.0503. The molecule has 0 bridgehead atoms. The molecule has 0 aliphatic heterocycles. The van der Waals surface area contributed by atoms with Crippen LogP contribution in [0.15, 0.2) is 0 Å². The van der Waals surface area contributed by atoms with Crippen LogP contribution in [0.4, 0.5) is 5.13 Å². The van der Waals surface area contributed by atoms with E-state index < -0.39 is 0 Å². The molecule has 0 spiro atoms. The normalized spacial score (nSPS) is 18.6.